The maximum atomic E-state index is 12.2. The number of hydrogen-bond acceptors (Lipinski definition) is 6. The first-order valence-electron chi connectivity index (χ1n) is 10.1. The Kier molecular flexibility index (Phi) is 6.09. The SMILES string of the molecule is COc1cccc(CN2CCC(c3cc(=O)[nH]c(-c4ccccn4)n3)CC2)c1OC. The van der Waals surface area contributed by atoms with Crippen LogP contribution in [0.3, 0.4) is 0 Å². The molecule has 1 saturated heterocycles. The van der Waals surface area contributed by atoms with E-state index in [-0.39, 0.29) is 11.5 Å². The van der Waals surface area contributed by atoms with Gasteiger partial charge in [-0.05, 0) is 44.1 Å². The third kappa shape index (κ3) is 4.36. The molecule has 2 aromatic heterocycles. The van der Waals surface area contributed by atoms with Crippen LogP contribution in [0.4, 0.5) is 0 Å². The first-order chi connectivity index (χ1) is 14.7. The van der Waals surface area contributed by atoms with Crippen LogP contribution in [0.2, 0.25) is 0 Å². The fourth-order valence-electron chi connectivity index (χ4n) is 4.02. The lowest BCUT2D eigenvalue weighted by Gasteiger charge is -2.32. The Hall–Kier alpha value is -3.19. The van der Waals surface area contributed by atoms with Crippen LogP contribution in [-0.4, -0.2) is 47.2 Å². The highest BCUT2D eigenvalue weighted by Gasteiger charge is 2.24. The van der Waals surface area contributed by atoms with Gasteiger partial charge in [0.2, 0.25) is 0 Å². The van der Waals surface area contributed by atoms with Crippen molar-refractivity contribution in [3.05, 3.63) is 70.3 Å². The number of hydrogen-bond donors (Lipinski definition) is 1. The number of aromatic amines is 1. The molecule has 30 heavy (non-hydrogen) atoms. The third-order valence-corrected chi connectivity index (χ3v) is 5.55. The lowest BCUT2D eigenvalue weighted by Crippen LogP contribution is -2.33. The Balaban J connectivity index is 1.46. The smallest absolute Gasteiger partial charge is 0.251 e. The number of pyridine rings is 1. The summed E-state index contributed by atoms with van der Waals surface area (Å²) < 4.78 is 11.0. The summed E-state index contributed by atoms with van der Waals surface area (Å²) in [7, 11) is 3.33. The molecule has 1 aromatic carbocycles. The van der Waals surface area contributed by atoms with E-state index in [1.54, 1.807) is 26.5 Å². The average molecular weight is 406 g/mol. The van der Waals surface area contributed by atoms with Crippen LogP contribution in [0.15, 0.2) is 53.5 Å². The zero-order valence-corrected chi connectivity index (χ0v) is 17.3. The largest absolute Gasteiger partial charge is 0.493 e. The third-order valence-electron chi connectivity index (χ3n) is 5.55. The minimum atomic E-state index is -0.135. The van der Waals surface area contributed by atoms with E-state index in [1.165, 1.54) is 0 Å². The highest BCUT2D eigenvalue weighted by molar-refractivity contribution is 5.48. The number of H-pyrrole nitrogens is 1. The van der Waals surface area contributed by atoms with Gasteiger partial charge >= 0.3 is 0 Å². The van der Waals surface area contributed by atoms with Gasteiger partial charge in [-0.2, -0.15) is 0 Å². The lowest BCUT2D eigenvalue weighted by molar-refractivity contribution is 0.200. The average Bonchev–Trinajstić information content (AvgIpc) is 2.79. The van der Waals surface area contributed by atoms with E-state index >= 15 is 0 Å². The van der Waals surface area contributed by atoms with Gasteiger partial charge in [0.1, 0.15) is 5.69 Å². The van der Waals surface area contributed by atoms with Crippen molar-refractivity contribution in [3.8, 4) is 23.0 Å². The summed E-state index contributed by atoms with van der Waals surface area (Å²) in [6.07, 6.45) is 3.60. The molecule has 3 aromatic rings. The Morgan fingerprint density at radius 2 is 1.93 bits per heavy atom. The summed E-state index contributed by atoms with van der Waals surface area (Å²) in [4.78, 5) is 26.4. The number of rotatable bonds is 6. The summed E-state index contributed by atoms with van der Waals surface area (Å²) in [5, 5.41) is 0. The molecule has 4 rings (SSSR count). The van der Waals surface area contributed by atoms with Crippen molar-refractivity contribution in [1.82, 2.24) is 19.9 Å². The molecule has 0 atom stereocenters. The molecule has 7 nitrogen and oxygen atoms in total. The molecule has 0 unspecified atom stereocenters. The Morgan fingerprint density at radius 1 is 1.10 bits per heavy atom. The number of piperidine rings is 1. The van der Waals surface area contributed by atoms with Crippen LogP contribution in [0.25, 0.3) is 11.5 Å². The van der Waals surface area contributed by atoms with Gasteiger partial charge in [-0.25, -0.2) is 4.98 Å². The normalized spacial score (nSPS) is 15.1. The minimum absolute atomic E-state index is 0.135. The standard InChI is InChI=1S/C23H26N4O3/c1-29-20-8-5-6-17(22(20)30-2)15-27-12-9-16(10-13-27)19-14-21(28)26-23(25-19)18-7-3-4-11-24-18/h3-8,11,14,16H,9-10,12-13,15H2,1-2H3,(H,25,26,28). The molecule has 7 heteroatoms. The van der Waals surface area contributed by atoms with Crippen LogP contribution >= 0.6 is 0 Å². The zero-order chi connectivity index (χ0) is 20.9. The molecule has 0 spiro atoms. The minimum Gasteiger partial charge on any atom is -0.493 e. The molecule has 0 saturated carbocycles. The Morgan fingerprint density at radius 3 is 2.63 bits per heavy atom. The van der Waals surface area contributed by atoms with Gasteiger partial charge in [0, 0.05) is 30.3 Å². The number of nitrogens with zero attached hydrogens (tertiary/aromatic N) is 3. The van der Waals surface area contributed by atoms with Crippen molar-refractivity contribution in [2.24, 2.45) is 0 Å². The van der Waals surface area contributed by atoms with Crippen molar-refractivity contribution in [2.75, 3.05) is 27.3 Å². The van der Waals surface area contributed by atoms with E-state index in [0.29, 0.717) is 11.5 Å². The number of benzene rings is 1. The van der Waals surface area contributed by atoms with Crippen molar-refractivity contribution in [3.63, 3.8) is 0 Å². The highest BCUT2D eigenvalue weighted by atomic mass is 16.5. The van der Waals surface area contributed by atoms with Crippen molar-refractivity contribution in [2.45, 2.75) is 25.3 Å². The van der Waals surface area contributed by atoms with Crippen molar-refractivity contribution >= 4 is 0 Å². The molecule has 156 valence electrons. The molecule has 0 amide bonds. The lowest BCUT2D eigenvalue weighted by atomic mass is 9.93. The molecule has 1 N–H and O–H groups in total. The van der Waals surface area contributed by atoms with Crippen LogP contribution in [0.1, 0.15) is 30.0 Å². The topological polar surface area (TPSA) is 80.3 Å². The fraction of sp³-hybridized carbons (Fsp3) is 0.348. The summed E-state index contributed by atoms with van der Waals surface area (Å²) >= 11 is 0. The summed E-state index contributed by atoms with van der Waals surface area (Å²) in [5.41, 5.74) is 2.50. The van der Waals surface area contributed by atoms with E-state index in [0.717, 1.165) is 55.2 Å². The van der Waals surface area contributed by atoms with E-state index in [1.807, 2.05) is 30.3 Å². The Labute approximate surface area is 175 Å². The Bertz CT molecular complexity index is 1040. The van der Waals surface area contributed by atoms with Gasteiger partial charge in [0.15, 0.2) is 17.3 Å². The first kappa shape index (κ1) is 20.1. The molecular formula is C23H26N4O3. The van der Waals surface area contributed by atoms with Crippen LogP contribution in [-0.2, 0) is 6.54 Å². The molecule has 1 aliphatic heterocycles. The van der Waals surface area contributed by atoms with E-state index in [9.17, 15) is 4.79 Å². The molecular weight excluding hydrogens is 380 g/mol. The molecule has 1 fully saturated rings. The second-order valence-electron chi connectivity index (χ2n) is 7.44. The van der Waals surface area contributed by atoms with E-state index in [2.05, 4.69) is 20.9 Å². The quantitative estimate of drug-likeness (QED) is 0.677. The van der Waals surface area contributed by atoms with Gasteiger partial charge < -0.3 is 14.5 Å². The summed E-state index contributed by atoms with van der Waals surface area (Å²) in [6, 6.07) is 13.2. The monoisotopic (exact) mass is 406 g/mol. The van der Waals surface area contributed by atoms with Gasteiger partial charge in [-0.15, -0.1) is 0 Å². The first-order valence-corrected chi connectivity index (χ1v) is 10.1. The number of likely N-dealkylation sites (tertiary alicyclic amines) is 1. The zero-order valence-electron chi connectivity index (χ0n) is 17.3. The maximum absolute atomic E-state index is 12.2. The molecule has 0 aliphatic carbocycles. The number of nitrogens with one attached hydrogen (secondary N) is 1. The number of aromatic nitrogens is 3. The van der Waals surface area contributed by atoms with Gasteiger partial charge in [-0.1, -0.05) is 18.2 Å². The van der Waals surface area contributed by atoms with Gasteiger partial charge in [0.05, 0.1) is 19.9 Å². The fourth-order valence-corrected chi connectivity index (χ4v) is 4.02. The van der Waals surface area contributed by atoms with Gasteiger partial charge in [0.25, 0.3) is 5.56 Å². The maximum Gasteiger partial charge on any atom is 0.251 e. The highest BCUT2D eigenvalue weighted by Crippen LogP contribution is 2.33. The molecule has 0 bridgehead atoms. The number of para-hydroxylation sites is 1. The van der Waals surface area contributed by atoms with Crippen LogP contribution < -0.4 is 15.0 Å². The molecule has 0 radical (unpaired) electrons. The summed E-state index contributed by atoms with van der Waals surface area (Å²) in [5.74, 6) is 2.33. The molecule has 3 heterocycles. The number of ether oxygens (including phenoxy) is 2. The second kappa shape index (κ2) is 9.09. The van der Waals surface area contributed by atoms with Crippen LogP contribution in [0, 0.1) is 0 Å². The van der Waals surface area contributed by atoms with Crippen molar-refractivity contribution in [1.29, 1.82) is 0 Å². The van der Waals surface area contributed by atoms with Crippen LogP contribution in [0.5, 0.6) is 11.5 Å². The number of methoxy groups -OCH3 is 2. The predicted molar refractivity (Wildman–Crippen MR) is 115 cm³/mol. The van der Waals surface area contributed by atoms with Crippen molar-refractivity contribution < 1.29 is 9.47 Å². The van der Waals surface area contributed by atoms with E-state index in [4.69, 9.17) is 14.5 Å². The second-order valence-corrected chi connectivity index (χ2v) is 7.44. The predicted octanol–water partition coefficient (Wildman–Crippen LogP) is 3.23. The van der Waals surface area contributed by atoms with Gasteiger partial charge in [-0.3, -0.25) is 14.7 Å². The molecule has 1 aliphatic rings. The van der Waals surface area contributed by atoms with E-state index < -0.39 is 0 Å². The summed E-state index contributed by atoms with van der Waals surface area (Å²) in [6.45, 7) is 2.66.